The first-order valence-corrected chi connectivity index (χ1v) is 9.19. The topological polar surface area (TPSA) is 53.1 Å². The molecule has 2 heterocycles. The Bertz CT molecular complexity index is 859. The molecule has 4 rings (SSSR count). The van der Waals surface area contributed by atoms with Gasteiger partial charge in [0.2, 0.25) is 5.91 Å². The number of methoxy groups -OCH3 is 1. The van der Waals surface area contributed by atoms with Crippen molar-refractivity contribution in [2.24, 2.45) is 0 Å². The molecule has 27 heavy (non-hydrogen) atoms. The highest BCUT2D eigenvalue weighted by atomic mass is 16.5. The van der Waals surface area contributed by atoms with Gasteiger partial charge in [-0.3, -0.25) is 9.59 Å². The molecule has 0 atom stereocenters. The molecular formula is C21H23N3O3. The Labute approximate surface area is 158 Å². The van der Waals surface area contributed by atoms with Crippen LogP contribution in [-0.2, 0) is 11.3 Å². The van der Waals surface area contributed by atoms with E-state index in [-0.39, 0.29) is 18.4 Å². The molecule has 0 unspecified atom stereocenters. The van der Waals surface area contributed by atoms with E-state index in [1.54, 1.807) is 12.0 Å². The van der Waals surface area contributed by atoms with Gasteiger partial charge < -0.3 is 19.4 Å². The number of benzene rings is 2. The number of hydrogen-bond donors (Lipinski definition) is 0. The van der Waals surface area contributed by atoms with Crippen molar-refractivity contribution in [2.45, 2.75) is 6.54 Å². The minimum Gasteiger partial charge on any atom is -0.497 e. The third-order valence-corrected chi connectivity index (χ3v) is 5.27. The SMILES string of the molecule is COc1cccc(N2CCN(C(=O)CN3Cc4ccccc4C3=O)CC2)c1. The summed E-state index contributed by atoms with van der Waals surface area (Å²) < 4.78 is 5.29. The second-order valence-corrected chi connectivity index (χ2v) is 6.89. The fourth-order valence-corrected chi connectivity index (χ4v) is 3.73. The minimum absolute atomic E-state index is 0.0152. The van der Waals surface area contributed by atoms with Gasteiger partial charge in [-0.1, -0.05) is 24.3 Å². The van der Waals surface area contributed by atoms with Gasteiger partial charge in [0.1, 0.15) is 12.3 Å². The predicted octanol–water partition coefficient (Wildman–Crippen LogP) is 2.00. The Hall–Kier alpha value is -3.02. The van der Waals surface area contributed by atoms with Gasteiger partial charge >= 0.3 is 0 Å². The number of anilines is 1. The van der Waals surface area contributed by atoms with Gasteiger partial charge in [0.15, 0.2) is 0 Å². The highest BCUT2D eigenvalue weighted by Gasteiger charge is 2.30. The van der Waals surface area contributed by atoms with Crippen molar-refractivity contribution in [2.75, 3.05) is 44.7 Å². The van der Waals surface area contributed by atoms with Crippen LogP contribution in [0.2, 0.25) is 0 Å². The van der Waals surface area contributed by atoms with Crippen molar-refractivity contribution in [1.29, 1.82) is 0 Å². The van der Waals surface area contributed by atoms with Crippen LogP contribution < -0.4 is 9.64 Å². The number of amides is 2. The van der Waals surface area contributed by atoms with Crippen LogP contribution in [-0.4, -0.2) is 61.4 Å². The molecule has 0 aromatic heterocycles. The van der Waals surface area contributed by atoms with Crippen molar-refractivity contribution in [3.8, 4) is 5.75 Å². The van der Waals surface area contributed by atoms with E-state index in [9.17, 15) is 9.59 Å². The Kier molecular flexibility index (Phi) is 4.71. The van der Waals surface area contributed by atoms with Crippen LogP contribution in [0.25, 0.3) is 0 Å². The van der Waals surface area contributed by atoms with Crippen molar-refractivity contribution < 1.29 is 14.3 Å². The van der Waals surface area contributed by atoms with Crippen LogP contribution in [0.3, 0.4) is 0 Å². The molecule has 6 nitrogen and oxygen atoms in total. The first-order chi connectivity index (χ1) is 13.2. The molecule has 0 N–H and O–H groups in total. The zero-order valence-corrected chi connectivity index (χ0v) is 15.4. The van der Waals surface area contributed by atoms with E-state index in [2.05, 4.69) is 11.0 Å². The summed E-state index contributed by atoms with van der Waals surface area (Å²) >= 11 is 0. The average Bonchev–Trinajstić information content (AvgIpc) is 3.04. The summed E-state index contributed by atoms with van der Waals surface area (Å²) in [6, 6.07) is 15.5. The highest BCUT2D eigenvalue weighted by molar-refractivity contribution is 6.00. The number of carbonyl (C=O) groups excluding carboxylic acids is 2. The van der Waals surface area contributed by atoms with Crippen LogP contribution in [0.4, 0.5) is 5.69 Å². The Morgan fingerprint density at radius 1 is 1.04 bits per heavy atom. The standard InChI is InChI=1S/C21H23N3O3/c1-27-18-7-4-6-17(13-18)22-9-11-23(12-10-22)20(25)15-24-14-16-5-2-3-8-19(16)21(24)26/h2-8,13H,9-12,14-15H2,1H3. The van der Waals surface area contributed by atoms with E-state index in [1.165, 1.54) is 0 Å². The summed E-state index contributed by atoms with van der Waals surface area (Å²) in [5.41, 5.74) is 2.82. The molecule has 2 aromatic rings. The monoisotopic (exact) mass is 365 g/mol. The van der Waals surface area contributed by atoms with Crippen molar-refractivity contribution in [1.82, 2.24) is 9.80 Å². The molecule has 1 fully saturated rings. The third kappa shape index (κ3) is 3.47. The van der Waals surface area contributed by atoms with E-state index < -0.39 is 0 Å². The van der Waals surface area contributed by atoms with E-state index in [1.807, 2.05) is 47.4 Å². The van der Waals surface area contributed by atoms with Gasteiger partial charge in [-0.05, 0) is 23.8 Å². The fourth-order valence-electron chi connectivity index (χ4n) is 3.73. The van der Waals surface area contributed by atoms with E-state index in [0.29, 0.717) is 25.2 Å². The summed E-state index contributed by atoms with van der Waals surface area (Å²) in [5, 5.41) is 0. The quantitative estimate of drug-likeness (QED) is 0.832. The molecule has 1 saturated heterocycles. The largest absolute Gasteiger partial charge is 0.497 e. The number of hydrogen-bond acceptors (Lipinski definition) is 4. The van der Waals surface area contributed by atoms with E-state index in [4.69, 9.17) is 4.74 Å². The third-order valence-electron chi connectivity index (χ3n) is 5.27. The van der Waals surface area contributed by atoms with E-state index in [0.717, 1.165) is 30.1 Å². The average molecular weight is 365 g/mol. The first-order valence-electron chi connectivity index (χ1n) is 9.19. The second kappa shape index (κ2) is 7.31. The number of nitrogens with zero attached hydrogens (tertiary/aromatic N) is 3. The van der Waals surface area contributed by atoms with Crippen LogP contribution in [0.5, 0.6) is 5.75 Å². The molecule has 140 valence electrons. The summed E-state index contributed by atoms with van der Waals surface area (Å²) in [4.78, 5) is 30.9. The van der Waals surface area contributed by atoms with Gasteiger partial charge in [-0.15, -0.1) is 0 Å². The molecule has 2 aromatic carbocycles. The van der Waals surface area contributed by atoms with Crippen LogP contribution in [0.1, 0.15) is 15.9 Å². The summed E-state index contributed by atoms with van der Waals surface area (Å²) in [7, 11) is 1.66. The fraction of sp³-hybridized carbons (Fsp3) is 0.333. The minimum atomic E-state index is -0.0473. The summed E-state index contributed by atoms with van der Waals surface area (Å²) in [5.74, 6) is 0.800. The molecule has 0 saturated carbocycles. The van der Waals surface area contributed by atoms with E-state index >= 15 is 0 Å². The number of fused-ring (bicyclic) bond motifs is 1. The molecule has 0 bridgehead atoms. The maximum atomic E-state index is 12.7. The zero-order chi connectivity index (χ0) is 18.8. The van der Waals surface area contributed by atoms with Gasteiger partial charge in [0.05, 0.1) is 7.11 Å². The highest BCUT2D eigenvalue weighted by Crippen LogP contribution is 2.24. The van der Waals surface area contributed by atoms with Gasteiger partial charge in [0, 0.05) is 50.0 Å². The van der Waals surface area contributed by atoms with Gasteiger partial charge in [-0.2, -0.15) is 0 Å². The predicted molar refractivity (Wildman–Crippen MR) is 103 cm³/mol. The lowest BCUT2D eigenvalue weighted by atomic mass is 10.1. The molecule has 2 aliphatic rings. The Balaban J connectivity index is 1.33. The second-order valence-electron chi connectivity index (χ2n) is 6.89. The van der Waals surface area contributed by atoms with Crippen molar-refractivity contribution in [3.05, 3.63) is 59.7 Å². The lowest BCUT2D eigenvalue weighted by molar-refractivity contribution is -0.132. The van der Waals surface area contributed by atoms with Gasteiger partial charge in [-0.25, -0.2) is 0 Å². The van der Waals surface area contributed by atoms with Crippen molar-refractivity contribution in [3.63, 3.8) is 0 Å². The number of carbonyl (C=O) groups is 2. The maximum Gasteiger partial charge on any atom is 0.254 e. The number of piperazine rings is 1. The zero-order valence-electron chi connectivity index (χ0n) is 15.4. The molecule has 6 heteroatoms. The lowest BCUT2D eigenvalue weighted by Crippen LogP contribution is -2.51. The molecule has 2 aliphatic heterocycles. The van der Waals surface area contributed by atoms with Crippen LogP contribution in [0, 0.1) is 0 Å². The van der Waals surface area contributed by atoms with Gasteiger partial charge in [0.25, 0.3) is 5.91 Å². The lowest BCUT2D eigenvalue weighted by Gasteiger charge is -2.36. The maximum absolute atomic E-state index is 12.7. The summed E-state index contributed by atoms with van der Waals surface area (Å²) in [6.45, 7) is 3.52. The molecule has 0 radical (unpaired) electrons. The normalized spacial score (nSPS) is 16.5. The van der Waals surface area contributed by atoms with Crippen molar-refractivity contribution >= 4 is 17.5 Å². The summed E-state index contributed by atoms with van der Waals surface area (Å²) in [6.07, 6.45) is 0. The Morgan fingerprint density at radius 2 is 1.81 bits per heavy atom. The number of rotatable bonds is 4. The first kappa shape index (κ1) is 17.4. The smallest absolute Gasteiger partial charge is 0.254 e. The van der Waals surface area contributed by atoms with Crippen LogP contribution >= 0.6 is 0 Å². The Morgan fingerprint density at radius 3 is 2.56 bits per heavy atom. The molecule has 0 aliphatic carbocycles. The van der Waals surface area contributed by atoms with Crippen LogP contribution in [0.15, 0.2) is 48.5 Å². The number of ether oxygens (including phenoxy) is 1. The molecular weight excluding hydrogens is 342 g/mol. The molecule has 2 amide bonds. The molecule has 0 spiro atoms.